The molecule has 160 valence electrons. The van der Waals surface area contributed by atoms with E-state index in [1.165, 1.54) is 0 Å². The lowest BCUT2D eigenvalue weighted by Gasteiger charge is -2.13. The minimum absolute atomic E-state index is 0.0105. The molecule has 0 fully saturated rings. The van der Waals surface area contributed by atoms with E-state index in [1.807, 2.05) is 43.3 Å². The number of carbonyl (C=O) groups excluding carboxylic acids is 1. The van der Waals surface area contributed by atoms with Gasteiger partial charge in [0.1, 0.15) is 12.4 Å². The maximum atomic E-state index is 12.3. The molecule has 7 nitrogen and oxygen atoms in total. The van der Waals surface area contributed by atoms with Crippen LogP contribution in [0.2, 0.25) is 0 Å². The third-order valence-corrected chi connectivity index (χ3v) is 4.38. The molecule has 0 aliphatic heterocycles. The highest BCUT2D eigenvalue weighted by Crippen LogP contribution is 2.25. The fourth-order valence-electron chi connectivity index (χ4n) is 2.71. The van der Waals surface area contributed by atoms with Gasteiger partial charge in [-0.25, -0.2) is 0 Å². The van der Waals surface area contributed by atoms with Crippen molar-refractivity contribution in [3.05, 3.63) is 42.0 Å². The van der Waals surface area contributed by atoms with Gasteiger partial charge in [-0.3, -0.25) is 4.79 Å². The number of fused-ring (bicyclic) bond motifs is 1. The van der Waals surface area contributed by atoms with E-state index < -0.39 is 0 Å². The van der Waals surface area contributed by atoms with Gasteiger partial charge in [-0.1, -0.05) is 24.3 Å². The summed E-state index contributed by atoms with van der Waals surface area (Å²) >= 11 is 0. The average Bonchev–Trinajstić information content (AvgIpc) is 2.76. The molecule has 0 saturated carbocycles. The van der Waals surface area contributed by atoms with Crippen LogP contribution in [0.3, 0.4) is 0 Å². The van der Waals surface area contributed by atoms with Crippen LogP contribution in [0.15, 0.2) is 36.4 Å². The van der Waals surface area contributed by atoms with Crippen LogP contribution in [0.4, 0.5) is 0 Å². The van der Waals surface area contributed by atoms with Crippen LogP contribution in [0.25, 0.3) is 10.8 Å². The van der Waals surface area contributed by atoms with E-state index in [0.29, 0.717) is 39.6 Å². The van der Waals surface area contributed by atoms with Gasteiger partial charge in [-0.15, -0.1) is 0 Å². The van der Waals surface area contributed by atoms with Gasteiger partial charge in [0.05, 0.1) is 59.3 Å². The zero-order chi connectivity index (χ0) is 20.9. The standard InChI is InChI=1S/C22H30O7/c1-17(18-3-4-20-16-21(25-2)6-5-19(20)15-18)22(24)29-14-13-28-12-11-27-10-9-26-8-7-23/h3-6,15-17,23H,7-14H2,1-2H3. The number of ether oxygens (including phenoxy) is 5. The second-order valence-corrected chi connectivity index (χ2v) is 6.42. The fraction of sp³-hybridized carbons (Fsp3) is 0.500. The molecule has 0 heterocycles. The Labute approximate surface area is 171 Å². The largest absolute Gasteiger partial charge is 0.497 e. The minimum atomic E-state index is -0.358. The van der Waals surface area contributed by atoms with Gasteiger partial charge in [0.15, 0.2) is 0 Å². The predicted molar refractivity (Wildman–Crippen MR) is 109 cm³/mol. The summed E-state index contributed by atoms with van der Waals surface area (Å²) in [5, 5.41) is 10.7. The first-order valence-electron chi connectivity index (χ1n) is 9.74. The van der Waals surface area contributed by atoms with Crippen LogP contribution in [0, 0.1) is 0 Å². The number of aliphatic hydroxyl groups is 1. The molecule has 1 unspecified atom stereocenters. The molecule has 1 N–H and O–H groups in total. The number of rotatable bonds is 14. The number of hydrogen-bond acceptors (Lipinski definition) is 7. The van der Waals surface area contributed by atoms with E-state index in [0.717, 1.165) is 22.1 Å². The van der Waals surface area contributed by atoms with Gasteiger partial charge in [0.2, 0.25) is 0 Å². The number of benzene rings is 2. The van der Waals surface area contributed by atoms with E-state index in [1.54, 1.807) is 7.11 Å². The Hall–Kier alpha value is -2.19. The third-order valence-electron chi connectivity index (χ3n) is 4.38. The maximum absolute atomic E-state index is 12.3. The van der Waals surface area contributed by atoms with E-state index in [9.17, 15) is 4.79 Å². The molecule has 0 amide bonds. The van der Waals surface area contributed by atoms with Gasteiger partial charge in [-0.2, -0.15) is 0 Å². The van der Waals surface area contributed by atoms with Gasteiger partial charge in [-0.05, 0) is 35.4 Å². The first-order valence-corrected chi connectivity index (χ1v) is 9.74. The zero-order valence-electron chi connectivity index (χ0n) is 17.1. The summed E-state index contributed by atoms with van der Waals surface area (Å²) in [5.74, 6) is 0.167. The number of hydrogen-bond donors (Lipinski definition) is 1. The number of aliphatic hydroxyl groups excluding tert-OH is 1. The smallest absolute Gasteiger partial charge is 0.313 e. The molecule has 0 aliphatic carbocycles. The second kappa shape index (κ2) is 13.1. The Bertz CT molecular complexity index is 747. The minimum Gasteiger partial charge on any atom is -0.497 e. The Balaban J connectivity index is 1.64. The molecule has 0 aliphatic rings. The van der Waals surface area contributed by atoms with Crippen molar-refractivity contribution in [3.63, 3.8) is 0 Å². The molecule has 2 rings (SSSR count). The quantitative estimate of drug-likeness (QED) is 0.381. The van der Waals surface area contributed by atoms with Gasteiger partial charge < -0.3 is 28.8 Å². The van der Waals surface area contributed by atoms with Gasteiger partial charge in [0.25, 0.3) is 0 Å². The SMILES string of the molecule is COc1ccc2cc(C(C)C(=O)OCCOCCOCCOCCO)ccc2c1. The summed E-state index contributed by atoms with van der Waals surface area (Å²) in [7, 11) is 1.64. The Kier molecular flexibility index (Phi) is 10.4. The van der Waals surface area contributed by atoms with Crippen molar-refractivity contribution in [2.24, 2.45) is 0 Å². The molecule has 29 heavy (non-hydrogen) atoms. The van der Waals surface area contributed by atoms with Crippen molar-refractivity contribution in [3.8, 4) is 5.75 Å². The van der Waals surface area contributed by atoms with E-state index in [-0.39, 0.29) is 25.1 Å². The van der Waals surface area contributed by atoms with E-state index in [2.05, 4.69) is 0 Å². The highest BCUT2D eigenvalue weighted by molar-refractivity contribution is 5.86. The third kappa shape index (κ3) is 7.98. The Morgan fingerprint density at radius 3 is 2.10 bits per heavy atom. The van der Waals surface area contributed by atoms with E-state index >= 15 is 0 Å². The highest BCUT2D eigenvalue weighted by atomic mass is 16.6. The number of carbonyl (C=O) groups is 1. The van der Waals surface area contributed by atoms with Crippen molar-refractivity contribution >= 4 is 16.7 Å². The molecule has 0 radical (unpaired) electrons. The van der Waals surface area contributed by atoms with Gasteiger partial charge in [0, 0.05) is 0 Å². The summed E-state index contributed by atoms with van der Waals surface area (Å²) in [4.78, 5) is 12.3. The number of esters is 1. The van der Waals surface area contributed by atoms with Gasteiger partial charge >= 0.3 is 5.97 Å². The predicted octanol–water partition coefficient (Wildman–Crippen LogP) is 2.54. The molecule has 2 aromatic carbocycles. The molecule has 0 spiro atoms. The van der Waals surface area contributed by atoms with Crippen LogP contribution < -0.4 is 4.74 Å². The topological polar surface area (TPSA) is 83.5 Å². The van der Waals surface area contributed by atoms with Crippen LogP contribution >= 0.6 is 0 Å². The summed E-state index contributed by atoms with van der Waals surface area (Å²) in [6.07, 6.45) is 0. The number of methoxy groups -OCH3 is 1. The molecule has 0 bridgehead atoms. The van der Waals surface area contributed by atoms with Crippen molar-refractivity contribution in [2.45, 2.75) is 12.8 Å². The maximum Gasteiger partial charge on any atom is 0.313 e. The Morgan fingerprint density at radius 2 is 1.45 bits per heavy atom. The highest BCUT2D eigenvalue weighted by Gasteiger charge is 2.17. The normalized spacial score (nSPS) is 12.1. The molecule has 7 heteroatoms. The monoisotopic (exact) mass is 406 g/mol. The fourth-order valence-corrected chi connectivity index (χ4v) is 2.71. The summed E-state index contributed by atoms with van der Waals surface area (Å²) in [5.41, 5.74) is 0.908. The van der Waals surface area contributed by atoms with Crippen molar-refractivity contribution in [1.29, 1.82) is 0 Å². The zero-order valence-corrected chi connectivity index (χ0v) is 17.1. The van der Waals surface area contributed by atoms with Crippen LogP contribution in [-0.2, 0) is 23.7 Å². The molecular formula is C22H30O7. The van der Waals surface area contributed by atoms with Crippen LogP contribution in [0.1, 0.15) is 18.4 Å². The first-order chi connectivity index (χ1) is 14.2. The molecule has 1 atom stereocenters. The first kappa shape index (κ1) is 23.1. The molecule has 2 aromatic rings. The van der Waals surface area contributed by atoms with Crippen molar-refractivity contribution in [2.75, 3.05) is 60.0 Å². The molecule has 0 aromatic heterocycles. The lowest BCUT2D eigenvalue weighted by Crippen LogP contribution is -2.17. The Morgan fingerprint density at radius 1 is 0.862 bits per heavy atom. The van der Waals surface area contributed by atoms with Crippen molar-refractivity contribution in [1.82, 2.24) is 0 Å². The van der Waals surface area contributed by atoms with Crippen molar-refractivity contribution < 1.29 is 33.6 Å². The van der Waals surface area contributed by atoms with E-state index in [4.69, 9.17) is 28.8 Å². The summed E-state index contributed by atoms with van der Waals surface area (Å²) in [6, 6.07) is 11.8. The van der Waals surface area contributed by atoms with Crippen LogP contribution in [0.5, 0.6) is 5.75 Å². The lowest BCUT2D eigenvalue weighted by atomic mass is 9.98. The second-order valence-electron chi connectivity index (χ2n) is 6.42. The molecule has 0 saturated heterocycles. The summed E-state index contributed by atoms with van der Waals surface area (Å²) < 4.78 is 26.3. The van der Waals surface area contributed by atoms with Crippen LogP contribution in [-0.4, -0.2) is 71.0 Å². The lowest BCUT2D eigenvalue weighted by molar-refractivity contribution is -0.146. The average molecular weight is 406 g/mol. The molecular weight excluding hydrogens is 376 g/mol. The summed E-state index contributed by atoms with van der Waals surface area (Å²) in [6.45, 7) is 4.44.